The van der Waals surface area contributed by atoms with Gasteiger partial charge in [-0.15, -0.1) is 0 Å². The van der Waals surface area contributed by atoms with Crippen molar-refractivity contribution in [3.05, 3.63) is 24.2 Å². The van der Waals surface area contributed by atoms with E-state index in [0.717, 1.165) is 24.5 Å². The number of carbonyl (C=O) groups is 1. The number of anilines is 1. The monoisotopic (exact) mass is 301 g/mol. The third-order valence-corrected chi connectivity index (χ3v) is 3.48. The van der Waals surface area contributed by atoms with Crippen molar-refractivity contribution in [1.29, 1.82) is 0 Å². The van der Waals surface area contributed by atoms with Gasteiger partial charge in [0.05, 0.1) is 0 Å². The van der Waals surface area contributed by atoms with E-state index in [1.807, 2.05) is 26.0 Å². The zero-order valence-corrected chi connectivity index (χ0v) is 12.7. The lowest BCUT2D eigenvalue weighted by Crippen LogP contribution is -2.30. The molecular formula is C15H19N5O2. The van der Waals surface area contributed by atoms with Crippen LogP contribution in [0.5, 0.6) is 0 Å². The molecule has 1 fully saturated rings. The molecule has 0 bridgehead atoms. The first kappa shape index (κ1) is 14.5. The van der Waals surface area contributed by atoms with Crippen LogP contribution in [-0.4, -0.2) is 40.2 Å². The summed E-state index contributed by atoms with van der Waals surface area (Å²) in [6, 6.07) is 3.87. The fourth-order valence-electron chi connectivity index (χ4n) is 2.41. The van der Waals surface area contributed by atoms with E-state index in [4.69, 9.17) is 4.52 Å². The van der Waals surface area contributed by atoms with Gasteiger partial charge in [-0.2, -0.15) is 4.98 Å². The summed E-state index contributed by atoms with van der Waals surface area (Å²) in [6.07, 6.45) is 4.13. The predicted octanol–water partition coefficient (Wildman–Crippen LogP) is 1.87. The van der Waals surface area contributed by atoms with E-state index >= 15 is 0 Å². The van der Waals surface area contributed by atoms with Crippen LogP contribution in [0.25, 0.3) is 11.4 Å². The second-order valence-electron chi connectivity index (χ2n) is 5.65. The van der Waals surface area contributed by atoms with Gasteiger partial charge in [-0.1, -0.05) is 5.16 Å². The number of carbonyl (C=O) groups excluding carboxylic acids is 1. The minimum Gasteiger partial charge on any atom is -0.357 e. The van der Waals surface area contributed by atoms with E-state index in [0.29, 0.717) is 5.82 Å². The highest BCUT2D eigenvalue weighted by Gasteiger charge is 2.18. The quantitative estimate of drug-likeness (QED) is 0.928. The van der Waals surface area contributed by atoms with E-state index < -0.39 is 0 Å². The molecule has 1 aliphatic heterocycles. The molecule has 1 aliphatic rings. The van der Waals surface area contributed by atoms with Crippen molar-refractivity contribution in [2.75, 3.05) is 18.0 Å². The number of hydrogen-bond donors (Lipinski definition) is 1. The SMILES string of the molecule is CC(C)NC(=O)c1nc(-c2ccc(N3CCCC3)nc2)no1. The third kappa shape index (κ3) is 3.08. The molecule has 7 nitrogen and oxygen atoms in total. The number of rotatable bonds is 4. The maximum Gasteiger partial charge on any atom is 0.316 e. The summed E-state index contributed by atoms with van der Waals surface area (Å²) in [7, 11) is 0. The maximum absolute atomic E-state index is 11.8. The Morgan fingerprint density at radius 3 is 2.73 bits per heavy atom. The number of nitrogens with zero attached hydrogens (tertiary/aromatic N) is 4. The average molecular weight is 301 g/mol. The molecule has 116 valence electrons. The molecule has 2 aromatic heterocycles. The van der Waals surface area contributed by atoms with Crippen molar-refractivity contribution in [3.8, 4) is 11.4 Å². The topological polar surface area (TPSA) is 84.2 Å². The molecule has 1 N–H and O–H groups in total. The van der Waals surface area contributed by atoms with Gasteiger partial charge in [0.1, 0.15) is 5.82 Å². The highest BCUT2D eigenvalue weighted by Crippen LogP contribution is 2.21. The summed E-state index contributed by atoms with van der Waals surface area (Å²) in [5.41, 5.74) is 0.732. The lowest BCUT2D eigenvalue weighted by molar-refractivity contribution is 0.0899. The second-order valence-corrected chi connectivity index (χ2v) is 5.65. The molecule has 1 amide bonds. The summed E-state index contributed by atoms with van der Waals surface area (Å²) in [6.45, 7) is 5.84. The van der Waals surface area contributed by atoms with Gasteiger partial charge in [0, 0.05) is 30.9 Å². The third-order valence-electron chi connectivity index (χ3n) is 3.48. The molecule has 0 atom stereocenters. The van der Waals surface area contributed by atoms with Crippen LogP contribution in [-0.2, 0) is 0 Å². The second kappa shape index (κ2) is 6.13. The smallest absolute Gasteiger partial charge is 0.316 e. The van der Waals surface area contributed by atoms with Crippen molar-refractivity contribution >= 4 is 11.7 Å². The van der Waals surface area contributed by atoms with Crippen LogP contribution in [0, 0.1) is 0 Å². The highest BCUT2D eigenvalue weighted by atomic mass is 16.5. The first-order chi connectivity index (χ1) is 10.6. The fraction of sp³-hybridized carbons (Fsp3) is 0.467. The minimum atomic E-state index is -0.365. The van der Waals surface area contributed by atoms with Crippen molar-refractivity contribution < 1.29 is 9.32 Å². The zero-order valence-electron chi connectivity index (χ0n) is 12.7. The fourth-order valence-corrected chi connectivity index (χ4v) is 2.41. The first-order valence-corrected chi connectivity index (χ1v) is 7.49. The van der Waals surface area contributed by atoms with Gasteiger partial charge >= 0.3 is 11.8 Å². The van der Waals surface area contributed by atoms with Gasteiger partial charge in [-0.3, -0.25) is 4.79 Å². The van der Waals surface area contributed by atoms with E-state index in [2.05, 4.69) is 25.3 Å². The lowest BCUT2D eigenvalue weighted by atomic mass is 10.2. The number of aromatic nitrogens is 3. The number of hydrogen-bond acceptors (Lipinski definition) is 6. The summed E-state index contributed by atoms with van der Waals surface area (Å²) < 4.78 is 5.00. The predicted molar refractivity (Wildman–Crippen MR) is 81.6 cm³/mol. The number of nitrogens with one attached hydrogen (secondary N) is 1. The van der Waals surface area contributed by atoms with Crippen molar-refractivity contribution in [1.82, 2.24) is 20.4 Å². The molecule has 0 saturated carbocycles. The van der Waals surface area contributed by atoms with Crippen LogP contribution < -0.4 is 10.2 Å². The van der Waals surface area contributed by atoms with Crippen molar-refractivity contribution in [2.45, 2.75) is 32.7 Å². The van der Waals surface area contributed by atoms with E-state index in [-0.39, 0.29) is 17.8 Å². The summed E-state index contributed by atoms with van der Waals surface area (Å²) in [5.74, 6) is 0.930. The van der Waals surface area contributed by atoms with Gasteiger partial charge in [0.25, 0.3) is 0 Å². The minimum absolute atomic E-state index is 0.0178. The summed E-state index contributed by atoms with van der Waals surface area (Å²) >= 11 is 0. The van der Waals surface area contributed by atoms with Gasteiger partial charge in [0.15, 0.2) is 0 Å². The van der Waals surface area contributed by atoms with E-state index in [9.17, 15) is 4.79 Å². The van der Waals surface area contributed by atoms with Gasteiger partial charge in [0.2, 0.25) is 5.82 Å². The molecule has 7 heteroatoms. The zero-order chi connectivity index (χ0) is 15.5. The molecule has 0 radical (unpaired) electrons. The summed E-state index contributed by atoms with van der Waals surface area (Å²) in [5, 5.41) is 6.55. The van der Waals surface area contributed by atoms with Gasteiger partial charge in [-0.05, 0) is 38.8 Å². The first-order valence-electron chi connectivity index (χ1n) is 7.49. The molecule has 0 spiro atoms. The molecular weight excluding hydrogens is 282 g/mol. The molecule has 3 rings (SSSR count). The van der Waals surface area contributed by atoms with Crippen LogP contribution in [0.4, 0.5) is 5.82 Å². The molecule has 0 aromatic carbocycles. The average Bonchev–Trinajstić information content (AvgIpc) is 3.19. The van der Waals surface area contributed by atoms with E-state index in [1.54, 1.807) is 6.20 Å². The van der Waals surface area contributed by atoms with Crippen LogP contribution >= 0.6 is 0 Å². The highest BCUT2D eigenvalue weighted by molar-refractivity contribution is 5.90. The van der Waals surface area contributed by atoms with Crippen LogP contribution in [0.2, 0.25) is 0 Å². The molecule has 1 saturated heterocycles. The Bertz CT molecular complexity index is 644. The number of amides is 1. The Labute approximate surface area is 128 Å². The molecule has 3 heterocycles. The molecule has 0 unspecified atom stereocenters. The maximum atomic E-state index is 11.8. The largest absolute Gasteiger partial charge is 0.357 e. The number of pyridine rings is 1. The normalized spacial score (nSPS) is 14.6. The van der Waals surface area contributed by atoms with Crippen molar-refractivity contribution in [2.24, 2.45) is 0 Å². The standard InChI is InChI=1S/C15H19N5O2/c1-10(2)17-14(21)15-18-13(19-22-15)11-5-6-12(16-9-11)20-7-3-4-8-20/h5-6,9-10H,3-4,7-8H2,1-2H3,(H,17,21). The van der Waals surface area contributed by atoms with Crippen LogP contribution in [0.3, 0.4) is 0 Å². The Balaban J connectivity index is 1.74. The Morgan fingerprint density at radius 1 is 1.32 bits per heavy atom. The molecule has 2 aromatic rings. The van der Waals surface area contributed by atoms with Crippen LogP contribution in [0.15, 0.2) is 22.9 Å². The Hall–Kier alpha value is -2.44. The molecule has 0 aliphatic carbocycles. The van der Waals surface area contributed by atoms with Crippen LogP contribution in [0.1, 0.15) is 37.4 Å². The lowest BCUT2D eigenvalue weighted by Gasteiger charge is -2.15. The molecule has 22 heavy (non-hydrogen) atoms. The van der Waals surface area contributed by atoms with Crippen molar-refractivity contribution in [3.63, 3.8) is 0 Å². The summed E-state index contributed by atoms with van der Waals surface area (Å²) in [4.78, 5) is 22.6. The van der Waals surface area contributed by atoms with E-state index in [1.165, 1.54) is 12.8 Å². The van der Waals surface area contributed by atoms with Gasteiger partial charge < -0.3 is 14.7 Å². The van der Waals surface area contributed by atoms with Gasteiger partial charge in [-0.25, -0.2) is 4.98 Å². The Kier molecular flexibility index (Phi) is 4.04. The Morgan fingerprint density at radius 2 is 2.09 bits per heavy atom.